The smallest absolute Gasteiger partial charge is 0.236 e. The van der Waals surface area contributed by atoms with Crippen LogP contribution in [0.5, 0.6) is 5.75 Å². The van der Waals surface area contributed by atoms with Gasteiger partial charge in [0.2, 0.25) is 5.91 Å². The zero-order valence-electron chi connectivity index (χ0n) is 13.9. The van der Waals surface area contributed by atoms with Crippen molar-refractivity contribution in [3.8, 4) is 5.75 Å². The quantitative estimate of drug-likeness (QED) is 0.738. The number of carbonyl (C=O) groups is 1. The molecule has 4 nitrogen and oxygen atoms in total. The second-order valence-electron chi connectivity index (χ2n) is 5.51. The molecule has 0 saturated carbocycles. The zero-order chi connectivity index (χ0) is 15.8. The van der Waals surface area contributed by atoms with Crippen molar-refractivity contribution in [2.45, 2.75) is 40.3 Å². The van der Waals surface area contributed by atoms with Gasteiger partial charge in [-0.25, -0.2) is 0 Å². The van der Waals surface area contributed by atoms with Crippen LogP contribution in [0.1, 0.15) is 33.3 Å². The first-order chi connectivity index (χ1) is 9.97. The van der Waals surface area contributed by atoms with Gasteiger partial charge < -0.3 is 9.64 Å². The number of hydrogen-bond acceptors (Lipinski definition) is 3. The summed E-state index contributed by atoms with van der Waals surface area (Å²) < 4.78 is 5.82. The summed E-state index contributed by atoms with van der Waals surface area (Å²) in [6.45, 7) is 10.7. The molecule has 0 saturated heterocycles. The van der Waals surface area contributed by atoms with Crippen molar-refractivity contribution < 1.29 is 9.53 Å². The first-order valence-electron chi connectivity index (χ1n) is 7.68. The number of amides is 1. The molecule has 0 aromatic heterocycles. The molecule has 1 rings (SSSR count). The standard InChI is InChI=1S/C17H28N2O2/c1-6-19(7-2)17(20)13-18(5)12-15-10-8-9-11-16(15)21-14(3)4/h8-11,14H,6-7,12-13H2,1-5H3. The fraction of sp³-hybridized carbons (Fsp3) is 0.588. The minimum absolute atomic E-state index is 0.147. The number of nitrogens with zero attached hydrogens (tertiary/aromatic N) is 2. The lowest BCUT2D eigenvalue weighted by atomic mass is 10.2. The molecule has 21 heavy (non-hydrogen) atoms. The van der Waals surface area contributed by atoms with Crippen LogP contribution >= 0.6 is 0 Å². The topological polar surface area (TPSA) is 32.8 Å². The highest BCUT2D eigenvalue weighted by Gasteiger charge is 2.14. The highest BCUT2D eigenvalue weighted by Crippen LogP contribution is 2.20. The van der Waals surface area contributed by atoms with Crippen LogP contribution in [0, 0.1) is 0 Å². The fourth-order valence-corrected chi connectivity index (χ4v) is 2.26. The van der Waals surface area contributed by atoms with Crippen LogP contribution in [0.2, 0.25) is 0 Å². The molecule has 118 valence electrons. The van der Waals surface area contributed by atoms with E-state index in [0.29, 0.717) is 13.1 Å². The molecule has 0 bridgehead atoms. The van der Waals surface area contributed by atoms with E-state index in [1.807, 2.05) is 62.7 Å². The Bertz CT molecular complexity index is 442. The molecule has 0 spiro atoms. The van der Waals surface area contributed by atoms with Crippen LogP contribution in [-0.4, -0.2) is 48.5 Å². The summed E-state index contributed by atoms with van der Waals surface area (Å²) in [5, 5.41) is 0. The molecule has 4 heteroatoms. The van der Waals surface area contributed by atoms with Crippen LogP contribution in [0.4, 0.5) is 0 Å². The molecule has 1 aromatic carbocycles. The van der Waals surface area contributed by atoms with Crippen molar-refractivity contribution in [3.05, 3.63) is 29.8 Å². The predicted octanol–water partition coefficient (Wildman–Crippen LogP) is 2.77. The largest absolute Gasteiger partial charge is 0.491 e. The van der Waals surface area contributed by atoms with E-state index < -0.39 is 0 Å². The second-order valence-corrected chi connectivity index (χ2v) is 5.51. The van der Waals surface area contributed by atoms with E-state index in [-0.39, 0.29) is 12.0 Å². The average Bonchev–Trinajstić information content (AvgIpc) is 2.41. The zero-order valence-corrected chi connectivity index (χ0v) is 13.9. The minimum Gasteiger partial charge on any atom is -0.491 e. The van der Waals surface area contributed by atoms with E-state index in [4.69, 9.17) is 4.74 Å². The maximum atomic E-state index is 12.1. The molecule has 0 unspecified atom stereocenters. The van der Waals surface area contributed by atoms with Crippen molar-refractivity contribution in [2.24, 2.45) is 0 Å². The van der Waals surface area contributed by atoms with Gasteiger partial charge in [0, 0.05) is 25.2 Å². The molecule has 0 radical (unpaired) electrons. The SMILES string of the molecule is CCN(CC)C(=O)CN(C)Cc1ccccc1OC(C)C. The van der Waals surface area contributed by atoms with E-state index in [0.717, 1.165) is 24.4 Å². The third-order valence-electron chi connectivity index (χ3n) is 3.30. The van der Waals surface area contributed by atoms with E-state index in [2.05, 4.69) is 6.07 Å². The van der Waals surface area contributed by atoms with Crippen molar-refractivity contribution in [2.75, 3.05) is 26.7 Å². The second kappa shape index (κ2) is 8.67. The van der Waals surface area contributed by atoms with Crippen LogP contribution in [-0.2, 0) is 11.3 Å². The van der Waals surface area contributed by atoms with Crippen molar-refractivity contribution in [1.29, 1.82) is 0 Å². The van der Waals surface area contributed by atoms with Gasteiger partial charge in [-0.05, 0) is 40.8 Å². The van der Waals surface area contributed by atoms with Gasteiger partial charge in [-0.3, -0.25) is 9.69 Å². The first-order valence-corrected chi connectivity index (χ1v) is 7.68. The Labute approximate surface area is 128 Å². The third-order valence-corrected chi connectivity index (χ3v) is 3.30. The van der Waals surface area contributed by atoms with Crippen LogP contribution in [0.25, 0.3) is 0 Å². The minimum atomic E-state index is 0.147. The van der Waals surface area contributed by atoms with E-state index >= 15 is 0 Å². The lowest BCUT2D eigenvalue weighted by molar-refractivity contribution is -0.131. The molecule has 0 aliphatic carbocycles. The van der Waals surface area contributed by atoms with Gasteiger partial charge >= 0.3 is 0 Å². The molecular formula is C17H28N2O2. The summed E-state index contributed by atoms with van der Waals surface area (Å²) in [5.41, 5.74) is 1.11. The van der Waals surface area contributed by atoms with E-state index in [1.54, 1.807) is 0 Å². The van der Waals surface area contributed by atoms with Gasteiger partial charge in [0.1, 0.15) is 5.75 Å². The molecule has 0 aliphatic rings. The highest BCUT2D eigenvalue weighted by atomic mass is 16.5. The lowest BCUT2D eigenvalue weighted by Crippen LogP contribution is -2.38. The Kier molecular flexibility index (Phi) is 7.23. The highest BCUT2D eigenvalue weighted by molar-refractivity contribution is 5.78. The molecule has 0 aliphatic heterocycles. The van der Waals surface area contributed by atoms with Gasteiger partial charge in [0.15, 0.2) is 0 Å². The Balaban J connectivity index is 2.66. The number of carbonyl (C=O) groups excluding carboxylic acids is 1. The van der Waals surface area contributed by atoms with Gasteiger partial charge in [-0.15, -0.1) is 0 Å². The maximum absolute atomic E-state index is 12.1. The van der Waals surface area contributed by atoms with E-state index in [1.165, 1.54) is 0 Å². The fourth-order valence-electron chi connectivity index (χ4n) is 2.26. The van der Waals surface area contributed by atoms with Crippen molar-refractivity contribution in [3.63, 3.8) is 0 Å². The average molecular weight is 292 g/mol. The summed E-state index contributed by atoms with van der Waals surface area (Å²) in [7, 11) is 1.97. The number of likely N-dealkylation sites (N-methyl/N-ethyl adjacent to an activating group) is 2. The van der Waals surface area contributed by atoms with Crippen molar-refractivity contribution in [1.82, 2.24) is 9.80 Å². The van der Waals surface area contributed by atoms with Gasteiger partial charge in [0.25, 0.3) is 0 Å². The normalized spacial score (nSPS) is 11.0. The van der Waals surface area contributed by atoms with Gasteiger partial charge in [-0.1, -0.05) is 18.2 Å². The summed E-state index contributed by atoms with van der Waals surface area (Å²) >= 11 is 0. The van der Waals surface area contributed by atoms with Crippen molar-refractivity contribution >= 4 is 5.91 Å². The van der Waals surface area contributed by atoms with Gasteiger partial charge in [0.05, 0.1) is 12.6 Å². The molecular weight excluding hydrogens is 264 g/mol. The Morgan fingerprint density at radius 1 is 1.19 bits per heavy atom. The first kappa shape index (κ1) is 17.5. The monoisotopic (exact) mass is 292 g/mol. The van der Waals surface area contributed by atoms with Crippen LogP contribution < -0.4 is 4.74 Å². The number of benzene rings is 1. The maximum Gasteiger partial charge on any atom is 0.236 e. The third kappa shape index (κ3) is 5.76. The molecule has 0 fully saturated rings. The Hall–Kier alpha value is -1.55. The predicted molar refractivity (Wildman–Crippen MR) is 86.5 cm³/mol. The Morgan fingerprint density at radius 3 is 2.38 bits per heavy atom. The number of para-hydroxylation sites is 1. The summed E-state index contributed by atoms with van der Waals surface area (Å²) in [5.74, 6) is 1.07. The summed E-state index contributed by atoms with van der Waals surface area (Å²) in [6.07, 6.45) is 0.147. The molecule has 0 atom stereocenters. The van der Waals surface area contributed by atoms with Crippen LogP contribution in [0.15, 0.2) is 24.3 Å². The van der Waals surface area contributed by atoms with Crippen LogP contribution in [0.3, 0.4) is 0 Å². The molecule has 1 amide bonds. The van der Waals surface area contributed by atoms with Gasteiger partial charge in [-0.2, -0.15) is 0 Å². The lowest BCUT2D eigenvalue weighted by Gasteiger charge is -2.24. The molecule has 1 aromatic rings. The summed E-state index contributed by atoms with van der Waals surface area (Å²) in [6, 6.07) is 8.01. The number of rotatable bonds is 8. The summed E-state index contributed by atoms with van der Waals surface area (Å²) in [4.78, 5) is 16.0. The molecule has 0 heterocycles. The van der Waals surface area contributed by atoms with E-state index in [9.17, 15) is 4.79 Å². The Morgan fingerprint density at radius 2 is 1.81 bits per heavy atom. The number of hydrogen-bond donors (Lipinski definition) is 0. The number of ether oxygens (including phenoxy) is 1. The molecule has 0 N–H and O–H groups in total.